The van der Waals surface area contributed by atoms with Crippen molar-refractivity contribution in [1.29, 1.82) is 0 Å². The zero-order chi connectivity index (χ0) is 32.1. The molecule has 0 nitrogen and oxygen atoms in total. The average molecular weight is 611 g/mol. The zero-order valence-corrected chi connectivity index (χ0v) is 27.7. The molecule has 11 rings (SSSR count). The molecule has 3 aliphatic rings. The maximum atomic E-state index is 2.46. The van der Waals surface area contributed by atoms with Crippen molar-refractivity contribution >= 4 is 32.3 Å². The molecule has 0 N–H and O–H groups in total. The largest absolute Gasteiger partial charge is 0.0619 e. The molecular weight excluding hydrogens is 577 g/mol. The van der Waals surface area contributed by atoms with Crippen molar-refractivity contribution in [2.75, 3.05) is 0 Å². The highest BCUT2D eigenvalue weighted by molar-refractivity contribution is 6.35. The van der Waals surface area contributed by atoms with Crippen molar-refractivity contribution < 1.29 is 0 Å². The van der Waals surface area contributed by atoms with Gasteiger partial charge in [0, 0.05) is 10.8 Å². The highest BCUT2D eigenvalue weighted by Gasteiger charge is 2.37. The Labute approximate surface area is 281 Å². The molecule has 48 heavy (non-hydrogen) atoms. The van der Waals surface area contributed by atoms with Crippen molar-refractivity contribution in [2.24, 2.45) is 0 Å². The molecule has 0 amide bonds. The van der Waals surface area contributed by atoms with Gasteiger partial charge in [-0.25, -0.2) is 0 Å². The van der Waals surface area contributed by atoms with Crippen molar-refractivity contribution in [2.45, 2.75) is 38.5 Å². The van der Waals surface area contributed by atoms with E-state index in [0.717, 1.165) is 0 Å². The molecule has 0 heterocycles. The van der Waals surface area contributed by atoms with E-state index >= 15 is 0 Å². The van der Waals surface area contributed by atoms with E-state index in [0.29, 0.717) is 0 Å². The monoisotopic (exact) mass is 610 g/mol. The highest BCUT2D eigenvalue weighted by atomic mass is 14.4. The SMILES string of the molecule is CC1(C)c2ccccc2-c2ccc(-c3ccc4c5c3ccc3ccc6c(-c7ccc8c(c7)C(C)(C)c7ccccc7-8)ccc-4c6c35)cc21. The van der Waals surface area contributed by atoms with Crippen LogP contribution < -0.4 is 0 Å². The fraction of sp³-hybridized carbons (Fsp3) is 0.125. The van der Waals surface area contributed by atoms with Crippen molar-refractivity contribution in [3.05, 3.63) is 156 Å². The minimum atomic E-state index is -0.0211. The van der Waals surface area contributed by atoms with E-state index in [1.54, 1.807) is 0 Å². The van der Waals surface area contributed by atoms with Crippen LogP contribution in [0.4, 0.5) is 0 Å². The summed E-state index contributed by atoms with van der Waals surface area (Å²) in [6, 6.07) is 51.1. The fourth-order valence-electron chi connectivity index (χ4n) is 9.80. The molecule has 0 radical (unpaired) electrons. The van der Waals surface area contributed by atoms with E-state index in [1.807, 2.05) is 0 Å². The first-order valence-corrected chi connectivity index (χ1v) is 17.3. The second-order valence-electron chi connectivity index (χ2n) is 15.3. The van der Waals surface area contributed by atoms with Crippen LogP contribution in [-0.4, -0.2) is 0 Å². The molecule has 0 atom stereocenters. The Balaban J connectivity index is 1.11. The Morgan fingerprint density at radius 3 is 1.19 bits per heavy atom. The van der Waals surface area contributed by atoms with Crippen molar-refractivity contribution in [3.8, 4) is 55.6 Å². The molecule has 8 aromatic rings. The number of rotatable bonds is 2. The van der Waals surface area contributed by atoms with Crippen LogP contribution >= 0.6 is 0 Å². The molecule has 0 aliphatic heterocycles. The lowest BCUT2D eigenvalue weighted by atomic mass is 9.81. The maximum Gasteiger partial charge on any atom is 0.0159 e. The van der Waals surface area contributed by atoms with Crippen LogP contribution in [0.25, 0.3) is 88.0 Å². The lowest BCUT2D eigenvalue weighted by Crippen LogP contribution is -2.14. The van der Waals surface area contributed by atoms with Gasteiger partial charge in [0.1, 0.15) is 0 Å². The number of benzene rings is 8. The van der Waals surface area contributed by atoms with E-state index in [-0.39, 0.29) is 10.8 Å². The quantitative estimate of drug-likeness (QED) is 0.171. The second-order valence-corrected chi connectivity index (χ2v) is 15.3. The molecule has 0 bridgehead atoms. The fourth-order valence-corrected chi connectivity index (χ4v) is 9.80. The normalized spacial score (nSPS) is 15.4. The first-order valence-electron chi connectivity index (χ1n) is 17.3. The van der Waals surface area contributed by atoms with E-state index in [1.165, 1.54) is 110 Å². The van der Waals surface area contributed by atoms with Gasteiger partial charge in [-0.2, -0.15) is 0 Å². The predicted octanol–water partition coefficient (Wildman–Crippen LogP) is 13.1. The standard InChI is InChI=1S/C48H34/c1-47(2)40-11-7-5-9-32(40)34-17-15-28(25-42(34)47)30-21-23-38-39-24-22-31(37-20-14-27-13-19-36(30)45(38)44(27)46(37)39)29-16-18-35-33-10-6-8-12-41(33)48(3,4)43(35)26-29/h5-26H,1-4H3. The molecule has 3 aliphatic carbocycles. The van der Waals surface area contributed by atoms with Crippen LogP contribution in [0.5, 0.6) is 0 Å². The van der Waals surface area contributed by atoms with Gasteiger partial charge in [-0.15, -0.1) is 0 Å². The van der Waals surface area contributed by atoms with E-state index < -0.39 is 0 Å². The summed E-state index contributed by atoms with van der Waals surface area (Å²) in [5, 5.41) is 8.21. The van der Waals surface area contributed by atoms with Crippen molar-refractivity contribution in [3.63, 3.8) is 0 Å². The number of hydrogen-bond donors (Lipinski definition) is 0. The Hall–Kier alpha value is -5.46. The molecule has 0 aromatic heterocycles. The van der Waals surface area contributed by atoms with Gasteiger partial charge in [0.05, 0.1) is 0 Å². The van der Waals surface area contributed by atoms with E-state index in [4.69, 9.17) is 0 Å². The second kappa shape index (κ2) is 8.71. The van der Waals surface area contributed by atoms with E-state index in [2.05, 4.69) is 161 Å². The summed E-state index contributed by atoms with van der Waals surface area (Å²) in [6.07, 6.45) is 0. The van der Waals surface area contributed by atoms with Gasteiger partial charge in [0.25, 0.3) is 0 Å². The van der Waals surface area contributed by atoms with Crippen molar-refractivity contribution in [1.82, 2.24) is 0 Å². The Morgan fingerprint density at radius 2 is 0.708 bits per heavy atom. The minimum Gasteiger partial charge on any atom is -0.0619 e. The third-order valence-electron chi connectivity index (χ3n) is 12.2. The summed E-state index contributed by atoms with van der Waals surface area (Å²) in [5.41, 5.74) is 19.1. The summed E-state index contributed by atoms with van der Waals surface area (Å²) in [5.74, 6) is 0. The molecule has 0 saturated carbocycles. The number of hydrogen-bond acceptors (Lipinski definition) is 0. The van der Waals surface area contributed by atoms with Gasteiger partial charge in [0.15, 0.2) is 0 Å². The Kier molecular flexibility index (Phi) is 4.82. The highest BCUT2D eigenvalue weighted by Crippen LogP contribution is 2.54. The van der Waals surface area contributed by atoms with Gasteiger partial charge in [-0.05, 0) is 122 Å². The summed E-state index contributed by atoms with van der Waals surface area (Å²) in [4.78, 5) is 0. The van der Waals surface area contributed by atoms with Gasteiger partial charge in [-0.1, -0.05) is 149 Å². The van der Waals surface area contributed by atoms with Crippen LogP contribution in [-0.2, 0) is 10.8 Å². The first-order chi connectivity index (χ1) is 23.3. The molecule has 226 valence electrons. The smallest absolute Gasteiger partial charge is 0.0159 e. The predicted molar refractivity (Wildman–Crippen MR) is 204 cm³/mol. The lowest BCUT2D eigenvalue weighted by Gasteiger charge is -2.22. The summed E-state index contributed by atoms with van der Waals surface area (Å²) in [6.45, 7) is 9.48. The van der Waals surface area contributed by atoms with Crippen LogP contribution in [0.2, 0.25) is 0 Å². The van der Waals surface area contributed by atoms with E-state index in [9.17, 15) is 0 Å². The van der Waals surface area contributed by atoms with Gasteiger partial charge < -0.3 is 0 Å². The lowest BCUT2D eigenvalue weighted by molar-refractivity contribution is 0.660. The summed E-state index contributed by atoms with van der Waals surface area (Å²) < 4.78 is 0. The molecular formula is C48H34. The van der Waals surface area contributed by atoms with Crippen LogP contribution in [0.15, 0.2) is 133 Å². The van der Waals surface area contributed by atoms with Crippen LogP contribution in [0, 0.1) is 0 Å². The molecule has 8 aromatic carbocycles. The van der Waals surface area contributed by atoms with Gasteiger partial charge in [-0.3, -0.25) is 0 Å². The van der Waals surface area contributed by atoms with Crippen LogP contribution in [0.3, 0.4) is 0 Å². The molecule has 0 spiro atoms. The third kappa shape index (κ3) is 3.12. The topological polar surface area (TPSA) is 0 Å². The molecule has 0 unspecified atom stereocenters. The molecule has 0 heteroatoms. The summed E-state index contributed by atoms with van der Waals surface area (Å²) >= 11 is 0. The maximum absolute atomic E-state index is 2.46. The molecule has 0 saturated heterocycles. The number of fused-ring (bicyclic) bond motifs is 7. The minimum absolute atomic E-state index is 0.0211. The molecule has 0 fully saturated rings. The Morgan fingerprint density at radius 1 is 0.312 bits per heavy atom. The average Bonchev–Trinajstić information content (AvgIpc) is 3.67. The zero-order valence-electron chi connectivity index (χ0n) is 27.7. The Bertz CT molecular complexity index is 2580. The first kappa shape index (κ1) is 26.6. The van der Waals surface area contributed by atoms with Gasteiger partial charge in [0.2, 0.25) is 0 Å². The summed E-state index contributed by atoms with van der Waals surface area (Å²) in [7, 11) is 0. The van der Waals surface area contributed by atoms with Crippen LogP contribution in [0.1, 0.15) is 49.9 Å². The van der Waals surface area contributed by atoms with Gasteiger partial charge >= 0.3 is 0 Å². The third-order valence-corrected chi connectivity index (χ3v) is 12.2.